The molecule has 0 N–H and O–H groups in total. The molecule has 17 heavy (non-hydrogen) atoms. The Labute approximate surface area is 104 Å². The van der Waals surface area contributed by atoms with Gasteiger partial charge in [0, 0.05) is 0 Å². The minimum absolute atomic E-state index is 0.824. The van der Waals surface area contributed by atoms with Crippen molar-refractivity contribution in [2.24, 2.45) is 5.92 Å². The molecule has 0 spiro atoms. The third-order valence-electron chi connectivity index (χ3n) is 3.72. The average molecular weight is 234 g/mol. The fourth-order valence-electron chi connectivity index (χ4n) is 2.74. The first-order valence-corrected chi connectivity index (χ1v) is 6.54. The van der Waals surface area contributed by atoms with Crippen LogP contribution >= 0.6 is 0 Å². The maximum absolute atomic E-state index is 5.43. The summed E-state index contributed by atoms with van der Waals surface area (Å²) in [6.45, 7) is 0. The van der Waals surface area contributed by atoms with Gasteiger partial charge in [0.25, 0.3) is 0 Å². The number of hydrogen-bond donors (Lipinski definition) is 0. The smallest absolute Gasteiger partial charge is 0.122 e. The van der Waals surface area contributed by atoms with Crippen molar-refractivity contribution in [2.75, 3.05) is 14.2 Å². The third kappa shape index (κ3) is 3.15. The minimum Gasteiger partial charge on any atom is -0.497 e. The van der Waals surface area contributed by atoms with Gasteiger partial charge in [-0.05, 0) is 36.1 Å². The molecule has 1 saturated carbocycles. The van der Waals surface area contributed by atoms with E-state index in [1.165, 1.54) is 37.7 Å². The zero-order valence-corrected chi connectivity index (χ0v) is 10.9. The van der Waals surface area contributed by atoms with E-state index in [1.807, 2.05) is 12.1 Å². The SMILES string of the molecule is COc1ccc(OC)c(CC2CCCCC2)c1. The molecule has 94 valence electrons. The van der Waals surface area contributed by atoms with Crippen LogP contribution in [0, 0.1) is 5.92 Å². The molecule has 2 heteroatoms. The van der Waals surface area contributed by atoms with Gasteiger partial charge in [0.15, 0.2) is 0 Å². The lowest BCUT2D eigenvalue weighted by atomic mass is 9.84. The van der Waals surface area contributed by atoms with Crippen LogP contribution in [0.2, 0.25) is 0 Å². The zero-order chi connectivity index (χ0) is 12.1. The Morgan fingerprint density at radius 2 is 1.82 bits per heavy atom. The van der Waals surface area contributed by atoms with Crippen molar-refractivity contribution in [2.45, 2.75) is 38.5 Å². The van der Waals surface area contributed by atoms with Gasteiger partial charge in [0.05, 0.1) is 14.2 Å². The van der Waals surface area contributed by atoms with E-state index in [0.717, 1.165) is 23.8 Å². The number of methoxy groups -OCH3 is 2. The number of benzene rings is 1. The van der Waals surface area contributed by atoms with E-state index in [4.69, 9.17) is 9.47 Å². The van der Waals surface area contributed by atoms with Crippen LogP contribution in [0.15, 0.2) is 18.2 Å². The van der Waals surface area contributed by atoms with Gasteiger partial charge in [0.1, 0.15) is 11.5 Å². The van der Waals surface area contributed by atoms with Crippen LogP contribution in [0.5, 0.6) is 11.5 Å². The Morgan fingerprint density at radius 3 is 2.47 bits per heavy atom. The zero-order valence-electron chi connectivity index (χ0n) is 10.9. The Bertz CT molecular complexity index is 354. The van der Waals surface area contributed by atoms with E-state index < -0.39 is 0 Å². The summed E-state index contributed by atoms with van der Waals surface area (Å²) in [4.78, 5) is 0. The second-order valence-corrected chi connectivity index (χ2v) is 4.89. The molecule has 0 aromatic heterocycles. The normalized spacial score (nSPS) is 16.8. The van der Waals surface area contributed by atoms with Crippen molar-refractivity contribution in [3.05, 3.63) is 23.8 Å². The topological polar surface area (TPSA) is 18.5 Å². The quantitative estimate of drug-likeness (QED) is 0.788. The fourth-order valence-corrected chi connectivity index (χ4v) is 2.74. The van der Waals surface area contributed by atoms with Crippen LogP contribution in [-0.2, 0) is 6.42 Å². The Morgan fingerprint density at radius 1 is 1.06 bits per heavy atom. The molecule has 1 aliphatic carbocycles. The summed E-state index contributed by atoms with van der Waals surface area (Å²) in [6.07, 6.45) is 8.03. The Balaban J connectivity index is 2.11. The van der Waals surface area contributed by atoms with Gasteiger partial charge in [-0.1, -0.05) is 32.1 Å². The highest BCUT2D eigenvalue weighted by Gasteiger charge is 2.16. The first-order valence-electron chi connectivity index (χ1n) is 6.54. The molecule has 0 bridgehead atoms. The second-order valence-electron chi connectivity index (χ2n) is 4.89. The molecule has 1 aromatic rings. The number of rotatable bonds is 4. The van der Waals surface area contributed by atoms with Gasteiger partial charge in [-0.2, -0.15) is 0 Å². The predicted molar refractivity (Wildman–Crippen MR) is 69.8 cm³/mol. The lowest BCUT2D eigenvalue weighted by molar-refractivity contribution is 0.346. The molecule has 0 aliphatic heterocycles. The predicted octanol–water partition coefficient (Wildman–Crippen LogP) is 3.83. The van der Waals surface area contributed by atoms with Crippen LogP contribution in [-0.4, -0.2) is 14.2 Å². The lowest BCUT2D eigenvalue weighted by Gasteiger charge is -2.22. The molecular weight excluding hydrogens is 212 g/mol. The van der Waals surface area contributed by atoms with E-state index >= 15 is 0 Å². The molecule has 2 nitrogen and oxygen atoms in total. The summed E-state index contributed by atoms with van der Waals surface area (Å²) in [5.74, 6) is 2.75. The summed E-state index contributed by atoms with van der Waals surface area (Å²) in [5.41, 5.74) is 1.29. The monoisotopic (exact) mass is 234 g/mol. The van der Waals surface area contributed by atoms with Crippen molar-refractivity contribution in [1.29, 1.82) is 0 Å². The minimum atomic E-state index is 0.824. The van der Waals surface area contributed by atoms with E-state index in [9.17, 15) is 0 Å². The van der Waals surface area contributed by atoms with E-state index in [1.54, 1.807) is 14.2 Å². The maximum Gasteiger partial charge on any atom is 0.122 e. The van der Waals surface area contributed by atoms with Gasteiger partial charge in [-0.15, -0.1) is 0 Å². The van der Waals surface area contributed by atoms with Gasteiger partial charge >= 0.3 is 0 Å². The standard InChI is InChI=1S/C15H22O2/c1-16-14-8-9-15(17-2)13(11-14)10-12-6-4-3-5-7-12/h8-9,11-12H,3-7,10H2,1-2H3. The van der Waals surface area contributed by atoms with Crippen molar-refractivity contribution >= 4 is 0 Å². The molecule has 0 saturated heterocycles. The summed E-state index contributed by atoms with van der Waals surface area (Å²) >= 11 is 0. The van der Waals surface area contributed by atoms with E-state index in [-0.39, 0.29) is 0 Å². The molecule has 0 heterocycles. The van der Waals surface area contributed by atoms with Crippen LogP contribution in [0.4, 0.5) is 0 Å². The molecule has 2 rings (SSSR count). The van der Waals surface area contributed by atoms with Crippen LogP contribution in [0.25, 0.3) is 0 Å². The number of hydrogen-bond acceptors (Lipinski definition) is 2. The molecular formula is C15H22O2. The third-order valence-corrected chi connectivity index (χ3v) is 3.72. The van der Waals surface area contributed by atoms with E-state index in [2.05, 4.69) is 6.07 Å². The summed E-state index contributed by atoms with van der Waals surface area (Å²) in [7, 11) is 3.46. The first-order chi connectivity index (χ1) is 8.33. The largest absolute Gasteiger partial charge is 0.497 e. The lowest BCUT2D eigenvalue weighted by Crippen LogP contribution is -2.10. The van der Waals surface area contributed by atoms with Crippen LogP contribution in [0.1, 0.15) is 37.7 Å². The molecule has 0 amide bonds. The molecule has 0 atom stereocenters. The first kappa shape index (κ1) is 12.3. The molecule has 0 radical (unpaired) electrons. The fraction of sp³-hybridized carbons (Fsp3) is 0.600. The highest BCUT2D eigenvalue weighted by atomic mass is 16.5. The summed E-state index contributed by atoms with van der Waals surface area (Å²) in [6, 6.07) is 6.09. The van der Waals surface area contributed by atoms with Crippen molar-refractivity contribution in [3.63, 3.8) is 0 Å². The van der Waals surface area contributed by atoms with Crippen molar-refractivity contribution < 1.29 is 9.47 Å². The van der Waals surface area contributed by atoms with E-state index in [0.29, 0.717) is 0 Å². The molecule has 1 fully saturated rings. The van der Waals surface area contributed by atoms with Crippen LogP contribution < -0.4 is 9.47 Å². The van der Waals surface area contributed by atoms with Crippen molar-refractivity contribution in [3.8, 4) is 11.5 Å². The van der Waals surface area contributed by atoms with Crippen molar-refractivity contribution in [1.82, 2.24) is 0 Å². The number of ether oxygens (including phenoxy) is 2. The summed E-state index contributed by atoms with van der Waals surface area (Å²) in [5, 5.41) is 0. The van der Waals surface area contributed by atoms with Crippen LogP contribution in [0.3, 0.4) is 0 Å². The Kier molecular flexibility index (Phi) is 4.29. The van der Waals surface area contributed by atoms with Gasteiger partial charge in [-0.25, -0.2) is 0 Å². The molecule has 0 unspecified atom stereocenters. The highest BCUT2D eigenvalue weighted by molar-refractivity contribution is 5.40. The van der Waals surface area contributed by atoms with Gasteiger partial charge in [-0.3, -0.25) is 0 Å². The molecule has 1 aliphatic rings. The maximum atomic E-state index is 5.43. The van der Waals surface area contributed by atoms with Gasteiger partial charge < -0.3 is 9.47 Å². The second kappa shape index (κ2) is 5.95. The average Bonchev–Trinajstić information content (AvgIpc) is 2.40. The van der Waals surface area contributed by atoms with Gasteiger partial charge in [0.2, 0.25) is 0 Å². The highest BCUT2D eigenvalue weighted by Crippen LogP contribution is 2.31. The Hall–Kier alpha value is -1.18. The summed E-state index contributed by atoms with van der Waals surface area (Å²) < 4.78 is 10.7. The molecule has 1 aromatic carbocycles.